The van der Waals surface area contributed by atoms with Gasteiger partial charge in [0.1, 0.15) is 0 Å². The van der Waals surface area contributed by atoms with Gasteiger partial charge in [-0.05, 0) is 38.5 Å². The molecule has 0 aromatic rings. The Morgan fingerprint density at radius 3 is 0.681 bits per heavy atom. The second-order valence-electron chi connectivity index (χ2n) is 13.8. The molecule has 0 saturated carbocycles. The molecule has 0 unspecified atom stereocenters. The van der Waals surface area contributed by atoms with E-state index < -0.39 is 11.9 Å². The Kier molecular flexibility index (Phi) is 62.8. The van der Waals surface area contributed by atoms with Gasteiger partial charge in [-0.3, -0.25) is 9.59 Å². The van der Waals surface area contributed by atoms with E-state index in [4.69, 9.17) is 20.4 Å². The number of hydrogen-bond donors (Lipinski definition) is 4. The Labute approximate surface area is 313 Å². The maximum atomic E-state index is 10.3. The van der Waals surface area contributed by atoms with Gasteiger partial charge >= 0.3 is 11.9 Å². The van der Waals surface area contributed by atoms with E-state index in [1.165, 1.54) is 141 Å². The van der Waals surface area contributed by atoms with Crippen molar-refractivity contribution in [2.75, 3.05) is 13.2 Å². The minimum absolute atomic E-state index is 0. The maximum Gasteiger partial charge on any atom is 0.303 e. The van der Waals surface area contributed by atoms with Crippen molar-refractivity contribution in [3.63, 3.8) is 0 Å². The molecule has 47 heavy (non-hydrogen) atoms. The average Bonchev–Trinajstić information content (AvgIpc) is 2.98. The van der Waals surface area contributed by atoms with Crippen molar-refractivity contribution in [3.05, 3.63) is 0 Å². The topological polar surface area (TPSA) is 115 Å². The van der Waals surface area contributed by atoms with Crippen LogP contribution in [0.3, 0.4) is 0 Å². The molecular formula is C40H84O6Zr. The van der Waals surface area contributed by atoms with Crippen molar-refractivity contribution in [1.82, 2.24) is 0 Å². The van der Waals surface area contributed by atoms with Crippen molar-refractivity contribution in [2.45, 2.75) is 221 Å². The molecular weight excluding hydrogens is 668 g/mol. The van der Waals surface area contributed by atoms with Crippen LogP contribution in [0.1, 0.15) is 221 Å². The number of carbonyl (C=O) groups is 2. The Morgan fingerprint density at radius 2 is 0.532 bits per heavy atom. The predicted octanol–water partition coefficient (Wildman–Crippen LogP) is 12.4. The van der Waals surface area contributed by atoms with Crippen LogP contribution in [0.2, 0.25) is 0 Å². The number of unbranched alkanes of at least 4 members (excludes halogenated alkanes) is 22. The molecule has 0 aliphatic carbocycles. The van der Waals surface area contributed by atoms with E-state index in [1.54, 1.807) is 13.8 Å². The quantitative estimate of drug-likeness (QED) is 0.0543. The molecule has 0 bridgehead atoms. The number of aliphatic carboxylic acids is 2. The first-order chi connectivity index (χ1) is 22.1. The largest absolute Gasteiger partial charge is 0.481 e. The van der Waals surface area contributed by atoms with Crippen molar-refractivity contribution in [1.29, 1.82) is 0 Å². The summed E-state index contributed by atoms with van der Waals surface area (Å²) in [6, 6.07) is 0. The van der Waals surface area contributed by atoms with Gasteiger partial charge in [-0.15, -0.1) is 0 Å². The molecule has 0 atom stereocenters. The van der Waals surface area contributed by atoms with Crippen LogP contribution < -0.4 is 0 Å². The van der Waals surface area contributed by atoms with Crippen molar-refractivity contribution in [3.8, 4) is 0 Å². The monoisotopic (exact) mass is 751 g/mol. The molecule has 0 radical (unpaired) electrons. The predicted molar refractivity (Wildman–Crippen MR) is 200 cm³/mol. The van der Waals surface area contributed by atoms with E-state index >= 15 is 0 Å². The minimum Gasteiger partial charge on any atom is -0.481 e. The van der Waals surface area contributed by atoms with Gasteiger partial charge in [0.15, 0.2) is 0 Å². The van der Waals surface area contributed by atoms with Crippen LogP contribution in [0.15, 0.2) is 0 Å². The Bertz CT molecular complexity index is 509. The maximum absolute atomic E-state index is 10.3. The average molecular weight is 752 g/mol. The second-order valence-corrected chi connectivity index (χ2v) is 13.8. The SMILES string of the molecule is CC(C)CCCCCCCCCCCCCCC(=O)O.CC(C)CCCCCCCCCCCCCCC(=O)O.CCO.CCO.[Zr]. The Balaban J connectivity index is -0.000000210. The fourth-order valence-corrected chi connectivity index (χ4v) is 5.19. The van der Waals surface area contributed by atoms with Crippen LogP contribution in [-0.2, 0) is 35.8 Å². The third-order valence-electron chi connectivity index (χ3n) is 7.84. The molecule has 0 aliphatic heterocycles. The summed E-state index contributed by atoms with van der Waals surface area (Å²) < 4.78 is 0. The molecule has 0 heterocycles. The standard InChI is InChI=1S/2C18H36O2.2C2H6O.Zr/c2*1-17(2)15-13-11-9-7-5-3-4-6-8-10-12-14-16-18(19)20;2*1-2-3;/h2*17H,3-16H2,1-2H3,(H,19,20);2*3H,2H2,1H3;. The number of hydrogen-bond acceptors (Lipinski definition) is 4. The summed E-state index contributed by atoms with van der Waals surface area (Å²) in [5, 5.41) is 32.2. The molecule has 0 saturated heterocycles. The van der Waals surface area contributed by atoms with Gasteiger partial charge in [0.2, 0.25) is 0 Å². The first-order valence-electron chi connectivity index (χ1n) is 19.7. The summed E-state index contributed by atoms with van der Waals surface area (Å²) in [6.45, 7) is 13.1. The Hall–Kier alpha value is -0.257. The van der Waals surface area contributed by atoms with E-state index in [9.17, 15) is 9.59 Å². The van der Waals surface area contributed by atoms with E-state index in [1.807, 2.05) is 0 Å². The fraction of sp³-hybridized carbons (Fsp3) is 0.950. The van der Waals surface area contributed by atoms with Crippen LogP contribution >= 0.6 is 0 Å². The van der Waals surface area contributed by atoms with E-state index in [0.29, 0.717) is 12.8 Å². The van der Waals surface area contributed by atoms with Crippen LogP contribution in [0.4, 0.5) is 0 Å². The van der Waals surface area contributed by atoms with E-state index in [2.05, 4.69) is 27.7 Å². The molecule has 0 spiro atoms. The van der Waals surface area contributed by atoms with Crippen LogP contribution in [-0.4, -0.2) is 45.6 Å². The zero-order valence-electron chi connectivity index (χ0n) is 32.5. The second kappa shape index (κ2) is 52.6. The normalized spacial score (nSPS) is 10.3. The van der Waals surface area contributed by atoms with Gasteiger partial charge in [0, 0.05) is 52.3 Å². The molecule has 7 heteroatoms. The van der Waals surface area contributed by atoms with Crippen LogP contribution in [0.25, 0.3) is 0 Å². The van der Waals surface area contributed by atoms with E-state index in [0.717, 1.165) is 37.5 Å². The molecule has 0 aliphatic rings. The molecule has 0 aromatic carbocycles. The third-order valence-corrected chi connectivity index (χ3v) is 7.84. The Morgan fingerprint density at radius 1 is 0.383 bits per heavy atom. The van der Waals surface area contributed by atoms with Gasteiger partial charge in [-0.25, -0.2) is 0 Å². The first-order valence-corrected chi connectivity index (χ1v) is 19.7. The summed E-state index contributed by atoms with van der Waals surface area (Å²) in [5.41, 5.74) is 0. The fourth-order valence-electron chi connectivity index (χ4n) is 5.19. The number of aliphatic hydroxyl groups is 2. The van der Waals surface area contributed by atoms with Gasteiger partial charge < -0.3 is 20.4 Å². The number of carboxylic acid groups (broad SMARTS) is 2. The molecule has 0 aromatic heterocycles. The summed E-state index contributed by atoms with van der Waals surface area (Å²) in [6.07, 6.45) is 34.6. The van der Waals surface area contributed by atoms with Crippen molar-refractivity contribution >= 4 is 11.9 Å². The summed E-state index contributed by atoms with van der Waals surface area (Å²) >= 11 is 0. The van der Waals surface area contributed by atoms with Gasteiger partial charge in [-0.2, -0.15) is 0 Å². The number of carboxylic acids is 2. The summed E-state index contributed by atoms with van der Waals surface area (Å²) in [5.74, 6) is 0.424. The van der Waals surface area contributed by atoms with Crippen molar-refractivity contribution < 1.29 is 56.2 Å². The molecule has 284 valence electrons. The third kappa shape index (κ3) is 76.9. The zero-order chi connectivity index (χ0) is 35.5. The van der Waals surface area contributed by atoms with Crippen molar-refractivity contribution in [2.24, 2.45) is 11.8 Å². The smallest absolute Gasteiger partial charge is 0.303 e. The number of rotatable bonds is 30. The first kappa shape index (κ1) is 56.1. The summed E-state index contributed by atoms with van der Waals surface area (Å²) in [4.78, 5) is 20.7. The molecule has 0 fully saturated rings. The minimum atomic E-state index is -0.654. The van der Waals surface area contributed by atoms with Crippen LogP contribution in [0.5, 0.6) is 0 Å². The molecule has 6 nitrogen and oxygen atoms in total. The van der Waals surface area contributed by atoms with Crippen LogP contribution in [0, 0.1) is 11.8 Å². The van der Waals surface area contributed by atoms with Gasteiger partial charge in [-0.1, -0.05) is 182 Å². The summed E-state index contributed by atoms with van der Waals surface area (Å²) in [7, 11) is 0. The van der Waals surface area contributed by atoms with E-state index in [-0.39, 0.29) is 39.4 Å². The number of aliphatic hydroxyl groups excluding tert-OH is 2. The van der Waals surface area contributed by atoms with Gasteiger partial charge in [0.25, 0.3) is 0 Å². The molecule has 0 amide bonds. The zero-order valence-corrected chi connectivity index (χ0v) is 34.9. The molecule has 4 N–H and O–H groups in total. The molecule has 0 rings (SSSR count). The van der Waals surface area contributed by atoms with Gasteiger partial charge in [0.05, 0.1) is 0 Å².